The van der Waals surface area contributed by atoms with Gasteiger partial charge in [0.1, 0.15) is 0 Å². The fourth-order valence-corrected chi connectivity index (χ4v) is 5.19. The van der Waals surface area contributed by atoms with E-state index in [-0.39, 0.29) is 36.5 Å². The second-order valence-electron chi connectivity index (χ2n) is 7.60. The van der Waals surface area contributed by atoms with Crippen LogP contribution in [0.4, 0.5) is 13.2 Å². The van der Waals surface area contributed by atoms with Gasteiger partial charge in [-0.1, -0.05) is 13.0 Å². The molecule has 1 aliphatic heterocycles. The average molecular weight is 371 g/mol. The van der Waals surface area contributed by atoms with E-state index in [1.165, 1.54) is 6.08 Å². The SMILES string of the molecule is CCOC(=O)C1=C(C(F)(F)F)CC[C@H]2[C@H]1CC[C@H]1N(C)C(=O)C=C[C@]21C. The number of hydrogen-bond acceptors (Lipinski definition) is 3. The van der Waals surface area contributed by atoms with Gasteiger partial charge in [0.05, 0.1) is 6.61 Å². The molecule has 0 unspecified atom stereocenters. The number of carbonyl (C=O) groups excluding carboxylic acids is 2. The van der Waals surface area contributed by atoms with Gasteiger partial charge >= 0.3 is 12.1 Å². The van der Waals surface area contributed by atoms with Crippen LogP contribution in [0.5, 0.6) is 0 Å². The number of halogens is 3. The number of allylic oxidation sites excluding steroid dienone is 1. The van der Waals surface area contributed by atoms with Gasteiger partial charge in [0.25, 0.3) is 0 Å². The lowest BCUT2D eigenvalue weighted by Gasteiger charge is -2.55. The van der Waals surface area contributed by atoms with Gasteiger partial charge in [0, 0.05) is 29.7 Å². The Balaban J connectivity index is 2.06. The van der Waals surface area contributed by atoms with Crippen LogP contribution < -0.4 is 0 Å². The van der Waals surface area contributed by atoms with Crippen molar-refractivity contribution in [2.75, 3.05) is 13.7 Å². The molecule has 144 valence electrons. The molecule has 0 aromatic rings. The Bertz CT molecular complexity index is 682. The molecular weight excluding hydrogens is 347 g/mol. The van der Waals surface area contributed by atoms with Crippen molar-refractivity contribution < 1.29 is 27.5 Å². The molecule has 0 aromatic carbocycles. The van der Waals surface area contributed by atoms with Crippen LogP contribution >= 0.6 is 0 Å². The van der Waals surface area contributed by atoms with E-state index in [9.17, 15) is 22.8 Å². The second kappa shape index (κ2) is 6.43. The van der Waals surface area contributed by atoms with Crippen molar-refractivity contribution in [2.45, 2.75) is 51.7 Å². The third-order valence-corrected chi connectivity index (χ3v) is 6.39. The van der Waals surface area contributed by atoms with Crippen molar-refractivity contribution in [3.63, 3.8) is 0 Å². The number of likely N-dealkylation sites (N-methyl/N-ethyl adjacent to an activating group) is 1. The fourth-order valence-electron chi connectivity index (χ4n) is 5.19. The summed E-state index contributed by atoms with van der Waals surface area (Å²) in [6.07, 6.45) is 0.000873. The molecule has 3 rings (SSSR count). The Kier molecular flexibility index (Phi) is 4.69. The molecule has 0 aromatic heterocycles. The largest absolute Gasteiger partial charge is 0.463 e. The first-order valence-corrected chi connectivity index (χ1v) is 9.04. The maximum atomic E-state index is 13.6. The molecule has 0 radical (unpaired) electrons. The Hall–Kier alpha value is -1.79. The molecule has 7 heteroatoms. The molecule has 2 aliphatic carbocycles. The monoisotopic (exact) mass is 371 g/mol. The first-order valence-electron chi connectivity index (χ1n) is 9.04. The van der Waals surface area contributed by atoms with Gasteiger partial charge in [-0.3, -0.25) is 4.79 Å². The van der Waals surface area contributed by atoms with Crippen LogP contribution in [0.1, 0.15) is 39.5 Å². The lowest BCUT2D eigenvalue weighted by atomic mass is 9.53. The summed E-state index contributed by atoms with van der Waals surface area (Å²) < 4.78 is 45.7. The Labute approximate surface area is 151 Å². The summed E-state index contributed by atoms with van der Waals surface area (Å²) in [5.41, 5.74) is -1.37. The summed E-state index contributed by atoms with van der Waals surface area (Å²) in [4.78, 5) is 26.1. The zero-order valence-corrected chi connectivity index (χ0v) is 15.2. The van der Waals surface area contributed by atoms with Crippen molar-refractivity contribution in [2.24, 2.45) is 17.3 Å². The number of alkyl halides is 3. The van der Waals surface area contributed by atoms with Gasteiger partial charge in [0.15, 0.2) is 0 Å². The highest BCUT2D eigenvalue weighted by atomic mass is 19.4. The Morgan fingerprint density at radius 3 is 2.65 bits per heavy atom. The minimum absolute atomic E-state index is 0.0435. The summed E-state index contributed by atoms with van der Waals surface area (Å²) >= 11 is 0. The third kappa shape index (κ3) is 2.85. The number of rotatable bonds is 2. The number of ether oxygens (including phenoxy) is 1. The molecular formula is C19H24F3NO3. The van der Waals surface area contributed by atoms with Gasteiger partial charge in [-0.2, -0.15) is 13.2 Å². The van der Waals surface area contributed by atoms with Crippen LogP contribution in [0.15, 0.2) is 23.3 Å². The molecule has 4 nitrogen and oxygen atoms in total. The number of carbonyl (C=O) groups is 2. The Morgan fingerprint density at radius 1 is 1.35 bits per heavy atom. The van der Waals surface area contributed by atoms with E-state index in [1.807, 2.05) is 13.0 Å². The number of fused-ring (bicyclic) bond motifs is 3. The number of esters is 1. The number of amides is 1. The summed E-state index contributed by atoms with van der Waals surface area (Å²) in [5.74, 6) is -1.55. The van der Waals surface area contributed by atoms with E-state index in [0.29, 0.717) is 19.3 Å². The van der Waals surface area contributed by atoms with E-state index in [2.05, 4.69) is 0 Å². The van der Waals surface area contributed by atoms with E-state index in [1.54, 1.807) is 18.9 Å². The van der Waals surface area contributed by atoms with Crippen molar-refractivity contribution in [1.29, 1.82) is 0 Å². The highest BCUT2D eigenvalue weighted by molar-refractivity contribution is 5.91. The summed E-state index contributed by atoms with van der Waals surface area (Å²) in [6.45, 7) is 3.63. The average Bonchev–Trinajstić information content (AvgIpc) is 2.57. The molecule has 1 amide bonds. The predicted octanol–water partition coefficient (Wildman–Crippen LogP) is 3.63. The number of hydrogen-bond donors (Lipinski definition) is 0. The minimum atomic E-state index is -4.53. The second-order valence-corrected chi connectivity index (χ2v) is 7.60. The van der Waals surface area contributed by atoms with Gasteiger partial charge in [-0.05, 0) is 50.5 Å². The normalized spacial score (nSPS) is 34.5. The summed E-state index contributed by atoms with van der Waals surface area (Å²) in [7, 11) is 1.74. The van der Waals surface area contributed by atoms with Crippen LogP contribution in [0, 0.1) is 17.3 Å². The van der Waals surface area contributed by atoms with Crippen molar-refractivity contribution >= 4 is 11.9 Å². The van der Waals surface area contributed by atoms with Crippen LogP contribution in [-0.2, 0) is 14.3 Å². The van der Waals surface area contributed by atoms with Crippen molar-refractivity contribution in [3.05, 3.63) is 23.3 Å². The molecule has 1 fully saturated rings. The topological polar surface area (TPSA) is 46.6 Å². The molecule has 0 bridgehead atoms. The maximum Gasteiger partial charge on any atom is 0.413 e. The quantitative estimate of drug-likeness (QED) is 0.697. The molecule has 1 heterocycles. The van der Waals surface area contributed by atoms with Crippen LogP contribution in [0.3, 0.4) is 0 Å². The molecule has 0 N–H and O–H groups in total. The standard InChI is InChI=1S/C19H24F3NO3/c1-4-26-17(25)16-11-5-8-14-18(2,10-9-15(24)23(14)3)12(11)6-7-13(16)19(20,21)22/h9-12,14H,4-8H2,1-3H3/t11-,12+,14-,18-/m1/s1. The lowest BCUT2D eigenvalue weighted by molar-refractivity contribution is -0.144. The van der Waals surface area contributed by atoms with Gasteiger partial charge < -0.3 is 9.64 Å². The highest BCUT2D eigenvalue weighted by Gasteiger charge is 2.56. The van der Waals surface area contributed by atoms with E-state index in [0.717, 1.165) is 0 Å². The summed E-state index contributed by atoms with van der Waals surface area (Å²) in [5, 5.41) is 0. The van der Waals surface area contributed by atoms with Crippen LogP contribution in [0.25, 0.3) is 0 Å². The lowest BCUT2D eigenvalue weighted by Crippen LogP contribution is -2.57. The molecule has 1 saturated carbocycles. The van der Waals surface area contributed by atoms with Gasteiger partial charge in [0.2, 0.25) is 5.91 Å². The van der Waals surface area contributed by atoms with E-state index in [4.69, 9.17) is 4.74 Å². The zero-order valence-electron chi connectivity index (χ0n) is 15.2. The first-order chi connectivity index (χ1) is 12.1. The molecule has 26 heavy (non-hydrogen) atoms. The molecule has 4 atom stereocenters. The zero-order chi connectivity index (χ0) is 19.3. The van der Waals surface area contributed by atoms with E-state index < -0.39 is 29.1 Å². The number of nitrogens with zero attached hydrogens (tertiary/aromatic N) is 1. The molecule has 0 spiro atoms. The molecule has 0 saturated heterocycles. The van der Waals surface area contributed by atoms with Crippen molar-refractivity contribution in [3.8, 4) is 0 Å². The predicted molar refractivity (Wildman–Crippen MR) is 89.0 cm³/mol. The van der Waals surface area contributed by atoms with Crippen molar-refractivity contribution in [1.82, 2.24) is 4.90 Å². The highest BCUT2D eigenvalue weighted by Crippen LogP contribution is 2.57. The third-order valence-electron chi connectivity index (χ3n) is 6.39. The van der Waals surface area contributed by atoms with Crippen LogP contribution in [0.2, 0.25) is 0 Å². The smallest absolute Gasteiger partial charge is 0.413 e. The van der Waals surface area contributed by atoms with E-state index >= 15 is 0 Å². The van der Waals surface area contributed by atoms with Crippen LogP contribution in [-0.4, -0.2) is 42.6 Å². The summed E-state index contributed by atoms with van der Waals surface area (Å²) in [6, 6.07) is -0.0582. The molecule has 3 aliphatic rings. The fraction of sp³-hybridized carbons (Fsp3) is 0.684. The maximum absolute atomic E-state index is 13.6. The minimum Gasteiger partial charge on any atom is -0.463 e. The first kappa shape index (κ1) is 19.0. The Morgan fingerprint density at radius 2 is 2.04 bits per heavy atom. The van der Waals surface area contributed by atoms with Gasteiger partial charge in [-0.15, -0.1) is 0 Å². The van der Waals surface area contributed by atoms with Gasteiger partial charge in [-0.25, -0.2) is 4.79 Å².